The first-order valence-corrected chi connectivity index (χ1v) is 8.34. The monoisotopic (exact) mass is 324 g/mol. The minimum Gasteiger partial charge on any atom is -0.398 e. The average Bonchev–Trinajstić information content (AvgIpc) is 2.38. The molecule has 0 spiro atoms. The van der Waals surface area contributed by atoms with Gasteiger partial charge in [-0.25, -0.2) is 8.42 Å². The van der Waals surface area contributed by atoms with Crippen LogP contribution in [0.15, 0.2) is 47.4 Å². The first kappa shape index (κ1) is 15.7. The zero-order valence-corrected chi connectivity index (χ0v) is 13.4. The van der Waals surface area contributed by atoms with E-state index in [0.29, 0.717) is 11.6 Å². The summed E-state index contributed by atoms with van der Waals surface area (Å²) >= 11 is 5.95. The van der Waals surface area contributed by atoms with Gasteiger partial charge in [-0.05, 0) is 35.7 Å². The van der Waals surface area contributed by atoms with Crippen LogP contribution in [0.1, 0.15) is 25.3 Å². The zero-order chi connectivity index (χ0) is 15.6. The Hall–Kier alpha value is -1.72. The molecule has 0 atom stereocenters. The van der Waals surface area contributed by atoms with Gasteiger partial charge in [-0.2, -0.15) is 0 Å². The third kappa shape index (κ3) is 3.49. The summed E-state index contributed by atoms with van der Waals surface area (Å²) in [4.78, 5) is -0.0976. The quantitative estimate of drug-likeness (QED) is 0.839. The molecule has 2 rings (SSSR count). The Morgan fingerprint density at radius 3 is 2.24 bits per heavy atom. The van der Waals surface area contributed by atoms with Crippen molar-refractivity contribution in [1.29, 1.82) is 0 Å². The fraction of sp³-hybridized carbons (Fsp3) is 0.200. The maximum atomic E-state index is 12.4. The Kier molecular flexibility index (Phi) is 4.44. The van der Waals surface area contributed by atoms with Gasteiger partial charge in [0.05, 0.1) is 10.7 Å². The first-order valence-electron chi connectivity index (χ1n) is 6.48. The highest BCUT2D eigenvalue weighted by molar-refractivity contribution is 7.93. The molecule has 21 heavy (non-hydrogen) atoms. The number of benzene rings is 2. The SMILES string of the molecule is CC(C)c1ccc(NS(=O)(=O)c2c(N)cccc2Cl)cc1. The van der Waals surface area contributed by atoms with Crippen LogP contribution in [0.2, 0.25) is 5.02 Å². The van der Waals surface area contributed by atoms with Crippen LogP contribution < -0.4 is 10.5 Å². The molecule has 0 aliphatic heterocycles. The third-order valence-corrected chi connectivity index (χ3v) is 5.02. The summed E-state index contributed by atoms with van der Waals surface area (Å²) in [7, 11) is -3.81. The zero-order valence-electron chi connectivity index (χ0n) is 11.8. The molecule has 0 aromatic heterocycles. The Morgan fingerprint density at radius 2 is 1.71 bits per heavy atom. The highest BCUT2D eigenvalue weighted by Crippen LogP contribution is 2.29. The van der Waals surface area contributed by atoms with Crippen LogP contribution in [0, 0.1) is 0 Å². The number of nitrogens with two attached hydrogens (primary N) is 1. The van der Waals surface area contributed by atoms with E-state index >= 15 is 0 Å². The third-order valence-electron chi connectivity index (χ3n) is 3.10. The highest BCUT2D eigenvalue weighted by Gasteiger charge is 2.21. The molecule has 6 heteroatoms. The van der Waals surface area contributed by atoms with Gasteiger partial charge in [0.1, 0.15) is 4.90 Å². The van der Waals surface area contributed by atoms with Crippen LogP contribution in [-0.4, -0.2) is 8.42 Å². The molecule has 0 heterocycles. The van der Waals surface area contributed by atoms with Crippen LogP contribution in [0.4, 0.5) is 11.4 Å². The minimum absolute atomic E-state index is 0.0976. The van der Waals surface area contributed by atoms with Crippen molar-refractivity contribution >= 4 is 33.0 Å². The number of nitrogen functional groups attached to an aromatic ring is 1. The van der Waals surface area contributed by atoms with Gasteiger partial charge in [-0.15, -0.1) is 0 Å². The molecule has 0 saturated heterocycles. The predicted octanol–water partition coefficient (Wildman–Crippen LogP) is 3.85. The van der Waals surface area contributed by atoms with Crippen molar-refractivity contribution in [2.45, 2.75) is 24.7 Å². The summed E-state index contributed by atoms with van der Waals surface area (Å²) in [5, 5.41) is 0.0984. The molecule has 0 saturated carbocycles. The van der Waals surface area contributed by atoms with Crippen molar-refractivity contribution < 1.29 is 8.42 Å². The van der Waals surface area contributed by atoms with Crippen molar-refractivity contribution in [1.82, 2.24) is 0 Å². The molecule has 0 aliphatic rings. The minimum atomic E-state index is -3.81. The van der Waals surface area contributed by atoms with Gasteiger partial charge < -0.3 is 5.73 Å². The largest absolute Gasteiger partial charge is 0.398 e. The van der Waals surface area contributed by atoms with E-state index in [4.69, 9.17) is 17.3 Å². The summed E-state index contributed by atoms with van der Waals surface area (Å²) < 4.78 is 27.3. The summed E-state index contributed by atoms with van der Waals surface area (Å²) in [6.07, 6.45) is 0. The van der Waals surface area contributed by atoms with E-state index in [-0.39, 0.29) is 15.6 Å². The molecule has 2 aromatic rings. The first-order chi connectivity index (χ1) is 9.81. The predicted molar refractivity (Wildman–Crippen MR) is 87.2 cm³/mol. The molecule has 112 valence electrons. The Bertz CT molecular complexity index is 721. The van der Waals surface area contributed by atoms with Crippen LogP contribution in [-0.2, 0) is 10.0 Å². The van der Waals surface area contributed by atoms with Crippen LogP contribution in [0.5, 0.6) is 0 Å². The second-order valence-corrected chi connectivity index (χ2v) is 7.07. The summed E-state index contributed by atoms with van der Waals surface area (Å²) in [5.74, 6) is 0.384. The average molecular weight is 325 g/mol. The van der Waals surface area contributed by atoms with Crippen LogP contribution in [0.3, 0.4) is 0 Å². The standard InChI is InChI=1S/C15H17ClN2O2S/c1-10(2)11-6-8-12(9-7-11)18-21(19,20)15-13(16)4-3-5-14(15)17/h3-10,18H,17H2,1-2H3. The molecular weight excluding hydrogens is 308 g/mol. The molecule has 0 amide bonds. The fourth-order valence-electron chi connectivity index (χ4n) is 1.95. The molecule has 0 aliphatic carbocycles. The van der Waals surface area contributed by atoms with E-state index in [0.717, 1.165) is 5.56 Å². The number of rotatable bonds is 4. The van der Waals surface area contributed by atoms with Crippen molar-refractivity contribution in [2.75, 3.05) is 10.5 Å². The van der Waals surface area contributed by atoms with Crippen molar-refractivity contribution in [3.05, 3.63) is 53.1 Å². The van der Waals surface area contributed by atoms with Gasteiger partial charge in [0.15, 0.2) is 0 Å². The van der Waals surface area contributed by atoms with Crippen LogP contribution in [0.25, 0.3) is 0 Å². The number of hydrogen-bond donors (Lipinski definition) is 2. The van der Waals surface area contributed by atoms with Crippen molar-refractivity contribution in [3.8, 4) is 0 Å². The molecule has 0 radical (unpaired) electrons. The summed E-state index contributed by atoms with van der Waals surface area (Å²) in [5.41, 5.74) is 7.45. The number of hydrogen-bond acceptors (Lipinski definition) is 3. The lowest BCUT2D eigenvalue weighted by molar-refractivity contribution is 0.601. The smallest absolute Gasteiger partial charge is 0.265 e. The topological polar surface area (TPSA) is 72.2 Å². The number of nitrogens with one attached hydrogen (secondary N) is 1. The lowest BCUT2D eigenvalue weighted by Gasteiger charge is -2.12. The Balaban J connectivity index is 2.33. The molecule has 2 aromatic carbocycles. The second kappa shape index (κ2) is 5.95. The van der Waals surface area contributed by atoms with Crippen molar-refractivity contribution in [2.24, 2.45) is 0 Å². The van der Waals surface area contributed by atoms with Gasteiger partial charge in [0.2, 0.25) is 0 Å². The molecule has 3 N–H and O–H groups in total. The van der Waals surface area contributed by atoms with E-state index in [1.165, 1.54) is 12.1 Å². The van der Waals surface area contributed by atoms with Gasteiger partial charge in [0.25, 0.3) is 10.0 Å². The van der Waals surface area contributed by atoms with Gasteiger partial charge in [-0.3, -0.25) is 4.72 Å². The highest BCUT2D eigenvalue weighted by atomic mass is 35.5. The van der Waals surface area contributed by atoms with Crippen molar-refractivity contribution in [3.63, 3.8) is 0 Å². The lowest BCUT2D eigenvalue weighted by atomic mass is 10.0. The second-order valence-electron chi connectivity index (χ2n) is 5.04. The Morgan fingerprint density at radius 1 is 1.10 bits per heavy atom. The number of halogens is 1. The van der Waals surface area contributed by atoms with Gasteiger partial charge in [0, 0.05) is 5.69 Å². The number of sulfonamides is 1. The Labute approximate surface area is 130 Å². The normalized spacial score (nSPS) is 11.6. The van der Waals surface area contributed by atoms with Gasteiger partial charge in [-0.1, -0.05) is 43.6 Å². The number of anilines is 2. The maximum absolute atomic E-state index is 12.4. The van der Waals surface area contributed by atoms with E-state index in [2.05, 4.69) is 18.6 Å². The van der Waals surface area contributed by atoms with E-state index in [9.17, 15) is 8.42 Å². The molecule has 4 nitrogen and oxygen atoms in total. The lowest BCUT2D eigenvalue weighted by Crippen LogP contribution is -2.15. The maximum Gasteiger partial charge on any atom is 0.265 e. The van der Waals surface area contributed by atoms with Crippen LogP contribution >= 0.6 is 11.6 Å². The van der Waals surface area contributed by atoms with E-state index in [1.54, 1.807) is 18.2 Å². The van der Waals surface area contributed by atoms with E-state index in [1.807, 2.05) is 12.1 Å². The molecule has 0 fully saturated rings. The molecular formula is C15H17ClN2O2S. The molecule has 0 unspecified atom stereocenters. The fourth-order valence-corrected chi connectivity index (χ4v) is 3.69. The summed E-state index contributed by atoms with van der Waals surface area (Å²) in [6, 6.07) is 11.8. The van der Waals surface area contributed by atoms with E-state index < -0.39 is 10.0 Å². The van der Waals surface area contributed by atoms with Gasteiger partial charge >= 0.3 is 0 Å². The molecule has 0 bridgehead atoms. The summed E-state index contributed by atoms with van der Waals surface area (Å²) in [6.45, 7) is 4.15.